The molecule has 0 saturated heterocycles. The summed E-state index contributed by atoms with van der Waals surface area (Å²) in [6.45, 7) is 4.95. The van der Waals surface area contributed by atoms with Crippen LogP contribution in [0.3, 0.4) is 0 Å². The summed E-state index contributed by atoms with van der Waals surface area (Å²) in [6.07, 6.45) is 2.05. The standard InChI is InChI=1S/C12H20NO2PS2/c1-8(2)13-16(14,17)15-11-6-9(3)12(18-5)10(4)7-11/h6-8H,1-5H3,(H2,13,14,17). The maximum atomic E-state index is 10.0. The molecule has 1 rings (SSSR count). The summed E-state index contributed by atoms with van der Waals surface area (Å²) in [6, 6.07) is 3.92. The van der Waals surface area contributed by atoms with E-state index in [9.17, 15) is 4.89 Å². The molecule has 1 atom stereocenters. The fourth-order valence-electron chi connectivity index (χ4n) is 1.78. The van der Waals surface area contributed by atoms with Crippen LogP contribution in [0.2, 0.25) is 0 Å². The number of thioether (sulfide) groups is 1. The van der Waals surface area contributed by atoms with Crippen LogP contribution in [0.5, 0.6) is 5.75 Å². The van der Waals surface area contributed by atoms with Crippen LogP contribution in [0.4, 0.5) is 0 Å². The maximum Gasteiger partial charge on any atom is 0.310 e. The SMILES string of the molecule is CSc1c(C)cc(OP(O)(=S)NC(C)C)cc1C. The summed E-state index contributed by atoms with van der Waals surface area (Å²) in [4.78, 5) is 11.3. The Hall–Kier alpha value is -0.0600. The molecule has 1 unspecified atom stereocenters. The monoisotopic (exact) mass is 305 g/mol. The Balaban J connectivity index is 2.96. The van der Waals surface area contributed by atoms with Crippen molar-refractivity contribution in [2.45, 2.75) is 38.6 Å². The van der Waals surface area contributed by atoms with Gasteiger partial charge in [-0.1, -0.05) is 0 Å². The van der Waals surface area contributed by atoms with Crippen LogP contribution in [0.1, 0.15) is 25.0 Å². The Morgan fingerprint density at radius 3 is 2.22 bits per heavy atom. The first-order valence-corrected chi connectivity index (χ1v) is 9.60. The zero-order chi connectivity index (χ0) is 13.9. The summed E-state index contributed by atoms with van der Waals surface area (Å²) >= 11 is 6.79. The summed E-state index contributed by atoms with van der Waals surface area (Å²) in [5.74, 6) is 0.627. The van der Waals surface area contributed by atoms with Gasteiger partial charge in [-0.15, -0.1) is 11.8 Å². The smallest absolute Gasteiger partial charge is 0.310 e. The Labute approximate surface area is 119 Å². The fourth-order valence-corrected chi connectivity index (χ4v) is 4.53. The van der Waals surface area contributed by atoms with E-state index in [1.54, 1.807) is 11.8 Å². The van der Waals surface area contributed by atoms with Gasteiger partial charge >= 0.3 is 6.64 Å². The number of hydrogen-bond acceptors (Lipinski definition) is 3. The van der Waals surface area contributed by atoms with Gasteiger partial charge in [-0.05, 0) is 69.0 Å². The molecule has 0 saturated carbocycles. The summed E-state index contributed by atoms with van der Waals surface area (Å²) in [5, 5.41) is 2.89. The average molecular weight is 305 g/mol. The fraction of sp³-hybridized carbons (Fsp3) is 0.500. The van der Waals surface area contributed by atoms with Gasteiger partial charge in [0.1, 0.15) is 5.75 Å². The van der Waals surface area contributed by atoms with Gasteiger partial charge in [0.2, 0.25) is 0 Å². The second-order valence-corrected chi connectivity index (χ2v) is 8.27. The molecule has 3 nitrogen and oxygen atoms in total. The summed E-state index contributed by atoms with van der Waals surface area (Å²) < 4.78 is 5.53. The molecule has 0 aromatic heterocycles. The largest absolute Gasteiger partial charge is 0.433 e. The second kappa shape index (κ2) is 6.40. The van der Waals surface area contributed by atoms with Crippen molar-refractivity contribution in [2.75, 3.05) is 6.26 Å². The number of rotatable bonds is 5. The molecule has 1 aromatic carbocycles. The lowest BCUT2D eigenvalue weighted by Gasteiger charge is -2.21. The highest BCUT2D eigenvalue weighted by atomic mass is 32.5. The zero-order valence-corrected chi connectivity index (χ0v) is 13.9. The molecule has 0 aliphatic heterocycles. The molecule has 0 amide bonds. The molecular weight excluding hydrogens is 285 g/mol. The van der Waals surface area contributed by atoms with Gasteiger partial charge in [0.15, 0.2) is 0 Å². The predicted molar refractivity (Wildman–Crippen MR) is 83.1 cm³/mol. The third-order valence-electron chi connectivity index (χ3n) is 2.29. The van der Waals surface area contributed by atoms with Crippen molar-refractivity contribution < 1.29 is 9.42 Å². The third-order valence-corrected chi connectivity index (χ3v) is 5.18. The van der Waals surface area contributed by atoms with Crippen molar-refractivity contribution in [1.29, 1.82) is 0 Å². The first-order chi connectivity index (χ1) is 8.25. The minimum Gasteiger partial charge on any atom is -0.433 e. The van der Waals surface area contributed by atoms with Gasteiger partial charge in [0.25, 0.3) is 0 Å². The molecule has 2 N–H and O–H groups in total. The molecular formula is C12H20NO2PS2. The molecule has 18 heavy (non-hydrogen) atoms. The van der Waals surface area contributed by atoms with E-state index in [-0.39, 0.29) is 6.04 Å². The van der Waals surface area contributed by atoms with Crippen molar-refractivity contribution in [1.82, 2.24) is 5.09 Å². The van der Waals surface area contributed by atoms with Crippen molar-refractivity contribution >= 4 is 30.2 Å². The van der Waals surface area contributed by atoms with E-state index in [0.717, 1.165) is 11.1 Å². The van der Waals surface area contributed by atoms with E-state index in [1.165, 1.54) is 4.90 Å². The number of benzene rings is 1. The molecule has 0 spiro atoms. The lowest BCUT2D eigenvalue weighted by Crippen LogP contribution is -2.21. The number of nitrogens with one attached hydrogen (secondary N) is 1. The molecule has 0 radical (unpaired) electrons. The van der Waals surface area contributed by atoms with Crippen LogP contribution in [-0.2, 0) is 11.8 Å². The second-order valence-electron chi connectivity index (χ2n) is 4.49. The van der Waals surface area contributed by atoms with Crippen molar-refractivity contribution in [3.8, 4) is 5.75 Å². The lowest BCUT2D eigenvalue weighted by molar-refractivity contribution is 0.456. The van der Waals surface area contributed by atoms with Gasteiger partial charge in [-0.3, -0.25) is 0 Å². The maximum absolute atomic E-state index is 10.0. The molecule has 0 heterocycles. The highest BCUT2D eigenvalue weighted by molar-refractivity contribution is 8.08. The Bertz CT molecular complexity index is 454. The van der Waals surface area contributed by atoms with Crippen LogP contribution in [0.25, 0.3) is 0 Å². The van der Waals surface area contributed by atoms with Crippen LogP contribution >= 0.6 is 18.4 Å². The minimum atomic E-state index is -2.96. The molecule has 102 valence electrons. The van der Waals surface area contributed by atoms with Crippen LogP contribution < -0.4 is 9.61 Å². The van der Waals surface area contributed by atoms with E-state index >= 15 is 0 Å². The van der Waals surface area contributed by atoms with Gasteiger partial charge < -0.3 is 9.42 Å². The summed E-state index contributed by atoms with van der Waals surface area (Å²) in [7, 11) is 0. The van der Waals surface area contributed by atoms with Crippen molar-refractivity contribution in [2.24, 2.45) is 0 Å². The Kier molecular flexibility index (Phi) is 5.68. The molecule has 1 aromatic rings. The van der Waals surface area contributed by atoms with E-state index in [4.69, 9.17) is 16.3 Å². The number of aryl methyl sites for hydroxylation is 2. The normalized spacial score (nSPS) is 14.6. The summed E-state index contributed by atoms with van der Waals surface area (Å²) in [5.41, 5.74) is 2.27. The predicted octanol–water partition coefficient (Wildman–Crippen LogP) is 3.62. The lowest BCUT2D eigenvalue weighted by atomic mass is 10.1. The van der Waals surface area contributed by atoms with Crippen LogP contribution in [0.15, 0.2) is 17.0 Å². The highest BCUT2D eigenvalue weighted by Gasteiger charge is 2.17. The van der Waals surface area contributed by atoms with Crippen molar-refractivity contribution in [3.05, 3.63) is 23.3 Å². The highest BCUT2D eigenvalue weighted by Crippen LogP contribution is 2.41. The Morgan fingerprint density at radius 2 is 1.83 bits per heavy atom. The minimum absolute atomic E-state index is 0.0912. The molecule has 6 heteroatoms. The quantitative estimate of drug-likeness (QED) is 0.642. The van der Waals surface area contributed by atoms with Crippen molar-refractivity contribution in [3.63, 3.8) is 0 Å². The van der Waals surface area contributed by atoms with E-state index in [2.05, 4.69) is 5.09 Å². The Morgan fingerprint density at radius 1 is 1.33 bits per heavy atom. The number of hydrogen-bond donors (Lipinski definition) is 2. The average Bonchev–Trinajstić information content (AvgIpc) is 2.13. The zero-order valence-electron chi connectivity index (χ0n) is 11.4. The van der Waals surface area contributed by atoms with Gasteiger partial charge in [0, 0.05) is 10.9 Å². The van der Waals surface area contributed by atoms with Crippen LogP contribution in [0, 0.1) is 13.8 Å². The first-order valence-electron chi connectivity index (χ1n) is 5.70. The molecule has 0 fully saturated rings. The van der Waals surface area contributed by atoms with E-state index < -0.39 is 6.64 Å². The molecule has 0 aliphatic carbocycles. The van der Waals surface area contributed by atoms with Gasteiger partial charge in [-0.25, -0.2) is 5.09 Å². The van der Waals surface area contributed by atoms with Gasteiger partial charge in [0.05, 0.1) is 0 Å². The topological polar surface area (TPSA) is 41.5 Å². The van der Waals surface area contributed by atoms with E-state index in [0.29, 0.717) is 5.75 Å². The molecule has 0 aliphatic rings. The first kappa shape index (κ1) is 16.0. The van der Waals surface area contributed by atoms with Gasteiger partial charge in [-0.2, -0.15) is 0 Å². The third kappa shape index (κ3) is 4.56. The van der Waals surface area contributed by atoms with E-state index in [1.807, 2.05) is 46.1 Å². The van der Waals surface area contributed by atoms with Crippen LogP contribution in [-0.4, -0.2) is 17.2 Å². The molecule has 0 bridgehead atoms.